The number of rotatable bonds is 5. The van der Waals surface area contributed by atoms with Gasteiger partial charge in [0.15, 0.2) is 12.4 Å². The van der Waals surface area contributed by atoms with Gasteiger partial charge in [0.2, 0.25) is 5.78 Å². The lowest BCUT2D eigenvalue weighted by atomic mass is 10.0. The van der Waals surface area contributed by atoms with Gasteiger partial charge in [-0.05, 0) is 0 Å². The van der Waals surface area contributed by atoms with Gasteiger partial charge in [-0.1, -0.05) is 30.3 Å². The first-order valence-corrected chi connectivity index (χ1v) is 10.1. The van der Waals surface area contributed by atoms with E-state index in [2.05, 4.69) is 4.90 Å². The smallest absolute Gasteiger partial charge is 0.211 e. The Morgan fingerprint density at radius 3 is 2.34 bits per heavy atom. The maximum absolute atomic E-state index is 13.5. The number of ketones is 1. The normalized spacial score (nSPS) is 29.0. The van der Waals surface area contributed by atoms with Crippen molar-refractivity contribution in [2.24, 2.45) is 0 Å². The van der Waals surface area contributed by atoms with Gasteiger partial charge in [-0.3, -0.25) is 4.79 Å². The Labute approximate surface area is 170 Å². The zero-order valence-corrected chi connectivity index (χ0v) is 16.4. The fourth-order valence-corrected chi connectivity index (χ4v) is 3.69. The summed E-state index contributed by atoms with van der Waals surface area (Å²) in [6, 6.07) is 9.46. The lowest BCUT2D eigenvalue weighted by molar-refractivity contribution is -0.250. The summed E-state index contributed by atoms with van der Waals surface area (Å²) in [6.45, 7) is 5.16. The molecule has 4 rings (SSSR count). The second-order valence-electron chi connectivity index (χ2n) is 7.33. The second kappa shape index (κ2) is 9.69. The molecule has 3 aliphatic heterocycles. The Morgan fingerprint density at radius 2 is 1.66 bits per heavy atom. The highest BCUT2D eigenvalue weighted by atomic mass is 16.7. The summed E-state index contributed by atoms with van der Waals surface area (Å²) in [5.74, 6) is -0.227. The van der Waals surface area contributed by atoms with Gasteiger partial charge in [-0.2, -0.15) is 0 Å². The van der Waals surface area contributed by atoms with Crippen LogP contribution in [0.15, 0.2) is 42.2 Å². The van der Waals surface area contributed by atoms with E-state index in [0.29, 0.717) is 45.2 Å². The molecule has 3 atom stereocenters. The van der Waals surface area contributed by atoms with Crippen molar-refractivity contribution in [1.82, 2.24) is 9.80 Å². The van der Waals surface area contributed by atoms with Crippen LogP contribution in [0, 0.1) is 0 Å². The summed E-state index contributed by atoms with van der Waals surface area (Å²) >= 11 is 0. The summed E-state index contributed by atoms with van der Waals surface area (Å²) < 4.78 is 22.4. The van der Waals surface area contributed by atoms with Gasteiger partial charge in [0, 0.05) is 37.9 Å². The van der Waals surface area contributed by atoms with E-state index in [4.69, 9.17) is 18.9 Å². The molecule has 0 saturated carbocycles. The topological polar surface area (TPSA) is 80.7 Å². The Hall–Kier alpha value is -1.97. The molecule has 0 unspecified atom stereocenters. The van der Waals surface area contributed by atoms with E-state index in [1.807, 2.05) is 41.4 Å². The minimum atomic E-state index is -1.02. The zero-order valence-electron chi connectivity index (χ0n) is 16.4. The molecule has 29 heavy (non-hydrogen) atoms. The van der Waals surface area contributed by atoms with E-state index in [1.54, 1.807) is 0 Å². The first kappa shape index (κ1) is 20.3. The molecule has 1 aromatic carbocycles. The van der Waals surface area contributed by atoms with E-state index < -0.39 is 18.5 Å². The lowest BCUT2D eigenvalue weighted by Crippen LogP contribution is -2.49. The number of hydrogen-bond donors (Lipinski definition) is 1. The summed E-state index contributed by atoms with van der Waals surface area (Å²) in [4.78, 5) is 17.6. The van der Waals surface area contributed by atoms with Crippen molar-refractivity contribution in [3.05, 3.63) is 47.8 Å². The Kier molecular flexibility index (Phi) is 6.78. The highest BCUT2D eigenvalue weighted by Gasteiger charge is 2.39. The van der Waals surface area contributed by atoms with Crippen LogP contribution >= 0.6 is 0 Å². The number of nitrogens with zero attached hydrogens (tertiary/aromatic N) is 2. The molecule has 8 heteroatoms. The van der Waals surface area contributed by atoms with Gasteiger partial charge in [0.25, 0.3) is 0 Å². The van der Waals surface area contributed by atoms with Crippen LogP contribution in [0.4, 0.5) is 0 Å². The van der Waals surface area contributed by atoms with Crippen molar-refractivity contribution in [2.45, 2.75) is 18.5 Å². The number of benzene rings is 1. The standard InChI is InChI=1S/C21H28N2O6/c24-18-15-28-21(16-4-2-1-3-5-16)29-20(18)19(25)17(23-8-12-27-13-9-23)14-22-6-10-26-11-7-22/h1-5,14,18,20-21,24H,6-13,15H2/b17-14-/t18-,20-,21-/m1/s1. The van der Waals surface area contributed by atoms with Crippen molar-refractivity contribution in [3.8, 4) is 0 Å². The van der Waals surface area contributed by atoms with Crippen molar-refractivity contribution in [3.63, 3.8) is 0 Å². The number of Topliss-reactive ketones (excluding diaryl/α,β-unsaturated/α-hetero) is 1. The predicted octanol–water partition coefficient (Wildman–Crippen LogP) is 0.536. The van der Waals surface area contributed by atoms with Crippen LogP contribution < -0.4 is 0 Å². The molecule has 3 fully saturated rings. The molecule has 1 N–H and O–H groups in total. The minimum absolute atomic E-state index is 0.0455. The first-order valence-electron chi connectivity index (χ1n) is 10.1. The quantitative estimate of drug-likeness (QED) is 0.713. The number of carbonyl (C=O) groups is 1. The van der Waals surface area contributed by atoms with Gasteiger partial charge in [-0.15, -0.1) is 0 Å². The molecule has 1 aromatic rings. The molecule has 3 aliphatic rings. The predicted molar refractivity (Wildman–Crippen MR) is 104 cm³/mol. The van der Waals surface area contributed by atoms with Gasteiger partial charge in [0.05, 0.1) is 38.7 Å². The Balaban J connectivity index is 1.55. The van der Waals surface area contributed by atoms with Crippen LogP contribution in [0.1, 0.15) is 11.9 Å². The van der Waals surface area contributed by atoms with E-state index >= 15 is 0 Å². The highest BCUT2D eigenvalue weighted by molar-refractivity contribution is 5.98. The van der Waals surface area contributed by atoms with Crippen molar-refractivity contribution in [2.75, 3.05) is 59.2 Å². The third-order valence-corrected chi connectivity index (χ3v) is 5.32. The number of aliphatic hydroxyl groups excluding tert-OH is 1. The van der Waals surface area contributed by atoms with Crippen LogP contribution in [-0.2, 0) is 23.7 Å². The summed E-state index contributed by atoms with van der Waals surface area (Å²) in [6.07, 6.45) is -0.789. The maximum atomic E-state index is 13.5. The fourth-order valence-electron chi connectivity index (χ4n) is 3.69. The summed E-state index contributed by atoms with van der Waals surface area (Å²) in [7, 11) is 0. The molecule has 0 aliphatic carbocycles. The molecule has 3 heterocycles. The van der Waals surface area contributed by atoms with E-state index in [1.165, 1.54) is 0 Å². The molecular formula is C21H28N2O6. The van der Waals surface area contributed by atoms with Gasteiger partial charge in [-0.25, -0.2) is 0 Å². The molecule has 0 bridgehead atoms. The molecular weight excluding hydrogens is 376 g/mol. The number of ether oxygens (including phenoxy) is 4. The average molecular weight is 404 g/mol. The summed E-state index contributed by atoms with van der Waals surface area (Å²) in [5.41, 5.74) is 1.37. The number of carbonyl (C=O) groups excluding carboxylic acids is 1. The third kappa shape index (κ3) is 4.96. The second-order valence-corrected chi connectivity index (χ2v) is 7.33. The monoisotopic (exact) mass is 404 g/mol. The molecule has 0 radical (unpaired) electrons. The maximum Gasteiger partial charge on any atom is 0.211 e. The van der Waals surface area contributed by atoms with Crippen LogP contribution in [0.25, 0.3) is 0 Å². The van der Waals surface area contributed by atoms with Crippen LogP contribution in [0.2, 0.25) is 0 Å². The summed E-state index contributed by atoms with van der Waals surface area (Å²) in [5, 5.41) is 10.5. The van der Waals surface area contributed by atoms with E-state index in [0.717, 1.165) is 18.7 Å². The molecule has 158 valence electrons. The van der Waals surface area contributed by atoms with Gasteiger partial charge in [0.1, 0.15) is 6.10 Å². The first-order chi connectivity index (χ1) is 14.2. The van der Waals surface area contributed by atoms with Gasteiger partial charge < -0.3 is 33.9 Å². The Bertz CT molecular complexity index is 700. The lowest BCUT2D eigenvalue weighted by Gasteiger charge is -2.37. The largest absolute Gasteiger partial charge is 0.387 e. The third-order valence-electron chi connectivity index (χ3n) is 5.32. The van der Waals surface area contributed by atoms with Crippen LogP contribution in [0.3, 0.4) is 0 Å². The fraction of sp³-hybridized carbons (Fsp3) is 0.571. The zero-order chi connectivity index (χ0) is 20.1. The van der Waals surface area contributed by atoms with Crippen LogP contribution in [-0.4, -0.2) is 92.1 Å². The van der Waals surface area contributed by atoms with E-state index in [9.17, 15) is 9.90 Å². The molecule has 8 nitrogen and oxygen atoms in total. The number of aliphatic hydroxyl groups is 1. The number of morpholine rings is 2. The van der Waals surface area contributed by atoms with Gasteiger partial charge >= 0.3 is 0 Å². The number of hydrogen-bond acceptors (Lipinski definition) is 8. The van der Waals surface area contributed by atoms with Crippen LogP contribution in [0.5, 0.6) is 0 Å². The Morgan fingerprint density at radius 1 is 1.00 bits per heavy atom. The van der Waals surface area contributed by atoms with Crippen molar-refractivity contribution >= 4 is 5.78 Å². The van der Waals surface area contributed by atoms with E-state index in [-0.39, 0.29) is 12.4 Å². The average Bonchev–Trinajstić information content (AvgIpc) is 2.79. The van der Waals surface area contributed by atoms with Crippen molar-refractivity contribution < 1.29 is 28.8 Å². The van der Waals surface area contributed by atoms with Crippen molar-refractivity contribution in [1.29, 1.82) is 0 Å². The molecule has 3 saturated heterocycles. The molecule has 0 spiro atoms. The molecule has 0 aromatic heterocycles. The molecule has 0 amide bonds. The highest BCUT2D eigenvalue weighted by Crippen LogP contribution is 2.29. The minimum Gasteiger partial charge on any atom is -0.387 e. The SMILES string of the molecule is O=C(/C(=C/N1CCOCC1)N1CCOCC1)[C@@H]1O[C@H](c2ccccc2)OC[C@H]1O.